The fourth-order valence-electron chi connectivity index (χ4n) is 4.03. The number of hydrogen-bond acceptors (Lipinski definition) is 6. The molecule has 0 bridgehead atoms. The SMILES string of the molecule is CCCCOc1ccc(C(=O)Nc2cc(C)nn2-c2nc3c(cnn3-c3ccc(C)c(C)c3)c(=O)[nH]2)cc1. The molecule has 38 heavy (non-hydrogen) atoms. The first-order valence-electron chi connectivity index (χ1n) is 12.5. The average molecular weight is 512 g/mol. The first-order valence-corrected chi connectivity index (χ1v) is 12.5. The summed E-state index contributed by atoms with van der Waals surface area (Å²) in [4.78, 5) is 33.4. The summed E-state index contributed by atoms with van der Waals surface area (Å²) in [6.45, 7) is 8.59. The van der Waals surface area contributed by atoms with Gasteiger partial charge in [0.15, 0.2) is 5.65 Å². The summed E-state index contributed by atoms with van der Waals surface area (Å²) in [7, 11) is 0. The van der Waals surface area contributed by atoms with Gasteiger partial charge in [-0.3, -0.25) is 14.6 Å². The lowest BCUT2D eigenvalue weighted by Gasteiger charge is -2.10. The number of H-pyrrole nitrogens is 1. The van der Waals surface area contributed by atoms with Crippen LogP contribution < -0.4 is 15.6 Å². The van der Waals surface area contributed by atoms with E-state index in [1.54, 1.807) is 41.9 Å². The number of aryl methyl sites for hydroxylation is 3. The van der Waals surface area contributed by atoms with Crippen LogP contribution in [0.1, 0.15) is 46.9 Å². The van der Waals surface area contributed by atoms with Crippen molar-refractivity contribution in [3.05, 3.63) is 87.5 Å². The summed E-state index contributed by atoms with van der Waals surface area (Å²) >= 11 is 0. The van der Waals surface area contributed by atoms with Gasteiger partial charge in [0.2, 0.25) is 5.95 Å². The maximum atomic E-state index is 13.0. The number of unbranched alkanes of at least 4 members (excludes halogenated alkanes) is 1. The third kappa shape index (κ3) is 4.93. The predicted molar refractivity (Wildman–Crippen MR) is 146 cm³/mol. The number of carbonyl (C=O) groups excluding carboxylic acids is 1. The number of fused-ring (bicyclic) bond motifs is 1. The van der Waals surface area contributed by atoms with E-state index in [-0.39, 0.29) is 17.4 Å². The molecule has 10 nitrogen and oxygen atoms in total. The van der Waals surface area contributed by atoms with Crippen LogP contribution in [0.4, 0.5) is 5.82 Å². The van der Waals surface area contributed by atoms with Crippen molar-refractivity contribution in [3.8, 4) is 17.4 Å². The number of ether oxygens (including phenoxy) is 1. The molecule has 0 aliphatic rings. The molecule has 0 fully saturated rings. The average Bonchev–Trinajstić information content (AvgIpc) is 3.49. The second kappa shape index (κ2) is 10.3. The van der Waals surface area contributed by atoms with Crippen LogP contribution in [0.2, 0.25) is 0 Å². The Balaban J connectivity index is 1.46. The van der Waals surface area contributed by atoms with Gasteiger partial charge < -0.3 is 10.1 Å². The van der Waals surface area contributed by atoms with Crippen molar-refractivity contribution in [3.63, 3.8) is 0 Å². The molecule has 0 radical (unpaired) electrons. The fraction of sp³-hybridized carbons (Fsp3) is 0.250. The number of amides is 1. The predicted octanol–water partition coefficient (Wildman–Crippen LogP) is 4.65. The Morgan fingerprint density at radius 2 is 1.82 bits per heavy atom. The first-order chi connectivity index (χ1) is 18.3. The quantitative estimate of drug-likeness (QED) is 0.293. The van der Waals surface area contributed by atoms with Crippen LogP contribution in [-0.2, 0) is 0 Å². The lowest BCUT2D eigenvalue weighted by atomic mass is 10.1. The molecule has 2 aromatic carbocycles. The van der Waals surface area contributed by atoms with Crippen LogP contribution in [0.5, 0.6) is 5.75 Å². The third-order valence-corrected chi connectivity index (χ3v) is 6.32. The maximum Gasteiger partial charge on any atom is 0.263 e. The van der Waals surface area contributed by atoms with Crippen molar-refractivity contribution in [2.45, 2.75) is 40.5 Å². The Morgan fingerprint density at radius 1 is 1.03 bits per heavy atom. The van der Waals surface area contributed by atoms with E-state index < -0.39 is 0 Å². The number of nitrogens with zero attached hydrogens (tertiary/aromatic N) is 5. The first kappa shape index (κ1) is 24.9. The molecule has 0 aliphatic carbocycles. The van der Waals surface area contributed by atoms with Crippen molar-refractivity contribution < 1.29 is 9.53 Å². The number of nitrogens with one attached hydrogen (secondary N) is 2. The lowest BCUT2D eigenvalue weighted by Crippen LogP contribution is -2.19. The van der Waals surface area contributed by atoms with Crippen molar-refractivity contribution in [2.24, 2.45) is 0 Å². The van der Waals surface area contributed by atoms with Crippen molar-refractivity contribution in [1.82, 2.24) is 29.5 Å². The van der Waals surface area contributed by atoms with Gasteiger partial charge in [-0.25, -0.2) is 4.68 Å². The molecular formula is C28H29N7O3. The van der Waals surface area contributed by atoms with E-state index in [0.29, 0.717) is 40.5 Å². The summed E-state index contributed by atoms with van der Waals surface area (Å²) in [6.07, 6.45) is 3.51. The standard InChI is InChI=1S/C28H29N7O3/c1-5-6-13-38-22-11-8-20(9-12-22)26(36)30-24-15-19(4)33-35(24)28-31-25-23(27(37)32-28)16-29-34(25)21-10-7-17(2)18(3)14-21/h7-12,14-16H,5-6,13H2,1-4H3,(H,30,36)(H,31,32,37). The van der Waals surface area contributed by atoms with Gasteiger partial charge in [-0.1, -0.05) is 19.4 Å². The molecule has 0 saturated carbocycles. The highest BCUT2D eigenvalue weighted by atomic mass is 16.5. The normalized spacial score (nSPS) is 11.2. The van der Waals surface area contributed by atoms with Gasteiger partial charge in [-0.05, 0) is 74.7 Å². The van der Waals surface area contributed by atoms with Crippen LogP contribution in [0.15, 0.2) is 59.5 Å². The molecule has 0 unspecified atom stereocenters. The Morgan fingerprint density at radius 3 is 2.55 bits per heavy atom. The number of hydrogen-bond donors (Lipinski definition) is 2. The highest BCUT2D eigenvalue weighted by molar-refractivity contribution is 6.04. The molecule has 1 amide bonds. The van der Waals surface area contributed by atoms with Gasteiger partial charge >= 0.3 is 0 Å². The second-order valence-corrected chi connectivity index (χ2v) is 9.22. The zero-order valence-electron chi connectivity index (χ0n) is 21.8. The number of anilines is 1. The molecule has 0 atom stereocenters. The Bertz CT molecular complexity index is 1680. The lowest BCUT2D eigenvalue weighted by molar-refractivity contribution is 0.102. The van der Waals surface area contributed by atoms with Crippen molar-refractivity contribution >= 4 is 22.8 Å². The monoisotopic (exact) mass is 511 g/mol. The summed E-state index contributed by atoms with van der Waals surface area (Å²) in [5, 5.41) is 12.1. The minimum Gasteiger partial charge on any atom is -0.494 e. The van der Waals surface area contributed by atoms with E-state index in [9.17, 15) is 9.59 Å². The molecule has 0 spiro atoms. The Kier molecular flexibility index (Phi) is 6.78. The van der Waals surface area contributed by atoms with Crippen molar-refractivity contribution in [1.29, 1.82) is 0 Å². The smallest absolute Gasteiger partial charge is 0.263 e. The maximum absolute atomic E-state index is 13.0. The number of carbonyl (C=O) groups is 1. The second-order valence-electron chi connectivity index (χ2n) is 9.22. The van der Waals surface area contributed by atoms with Gasteiger partial charge in [0.25, 0.3) is 11.5 Å². The van der Waals surface area contributed by atoms with E-state index in [4.69, 9.17) is 4.74 Å². The van der Waals surface area contributed by atoms with Crippen LogP contribution in [0.25, 0.3) is 22.7 Å². The highest BCUT2D eigenvalue weighted by Gasteiger charge is 2.18. The number of aromatic amines is 1. The van der Waals surface area contributed by atoms with Crippen LogP contribution in [0, 0.1) is 20.8 Å². The fourth-order valence-corrected chi connectivity index (χ4v) is 4.03. The molecule has 3 aromatic heterocycles. The van der Waals surface area contributed by atoms with E-state index in [1.807, 2.05) is 32.0 Å². The number of benzene rings is 2. The van der Waals surface area contributed by atoms with Gasteiger partial charge in [0.05, 0.1) is 24.2 Å². The Labute approximate surface area is 219 Å². The van der Waals surface area contributed by atoms with Crippen LogP contribution >= 0.6 is 0 Å². The molecule has 3 heterocycles. The van der Waals surface area contributed by atoms with E-state index in [2.05, 4.69) is 32.4 Å². The highest BCUT2D eigenvalue weighted by Crippen LogP contribution is 2.21. The molecule has 2 N–H and O–H groups in total. The summed E-state index contributed by atoms with van der Waals surface area (Å²) in [6, 6.07) is 14.6. The minimum atomic E-state index is -0.357. The molecule has 10 heteroatoms. The topological polar surface area (TPSA) is 120 Å². The zero-order chi connectivity index (χ0) is 26.8. The van der Waals surface area contributed by atoms with Gasteiger partial charge in [-0.2, -0.15) is 19.9 Å². The molecule has 194 valence electrons. The zero-order valence-corrected chi connectivity index (χ0v) is 21.8. The molecule has 0 aliphatic heterocycles. The van der Waals surface area contributed by atoms with Gasteiger partial charge in [0.1, 0.15) is 17.0 Å². The summed E-state index contributed by atoms with van der Waals surface area (Å²) in [5.74, 6) is 0.924. The molecular weight excluding hydrogens is 482 g/mol. The summed E-state index contributed by atoms with van der Waals surface area (Å²) in [5.41, 5.74) is 4.18. The molecule has 5 rings (SSSR count). The van der Waals surface area contributed by atoms with E-state index >= 15 is 0 Å². The largest absolute Gasteiger partial charge is 0.494 e. The van der Waals surface area contributed by atoms with Gasteiger partial charge in [-0.15, -0.1) is 0 Å². The van der Waals surface area contributed by atoms with Crippen LogP contribution in [-0.4, -0.2) is 42.0 Å². The Hall–Kier alpha value is -4.73. The van der Waals surface area contributed by atoms with E-state index in [1.165, 1.54) is 10.9 Å². The van der Waals surface area contributed by atoms with Gasteiger partial charge in [0, 0.05) is 11.6 Å². The third-order valence-electron chi connectivity index (χ3n) is 6.32. The number of aromatic nitrogens is 6. The molecule has 0 saturated heterocycles. The van der Waals surface area contributed by atoms with Crippen LogP contribution in [0.3, 0.4) is 0 Å². The summed E-state index contributed by atoms with van der Waals surface area (Å²) < 4.78 is 8.71. The number of rotatable bonds is 8. The minimum absolute atomic E-state index is 0.163. The molecule has 5 aromatic rings. The van der Waals surface area contributed by atoms with Crippen molar-refractivity contribution in [2.75, 3.05) is 11.9 Å². The van der Waals surface area contributed by atoms with E-state index in [0.717, 1.165) is 29.7 Å².